The van der Waals surface area contributed by atoms with Gasteiger partial charge in [0.05, 0.1) is 4.90 Å². The lowest BCUT2D eigenvalue weighted by molar-refractivity contribution is 0.570. The quantitative estimate of drug-likeness (QED) is 0.805. The van der Waals surface area contributed by atoms with Gasteiger partial charge in [0.25, 0.3) is 0 Å². The van der Waals surface area contributed by atoms with Crippen LogP contribution in [0, 0.1) is 0 Å². The number of pyridine rings is 1. The zero-order valence-corrected chi connectivity index (χ0v) is 13.4. The van der Waals surface area contributed by atoms with Gasteiger partial charge in [0, 0.05) is 30.1 Å². The molecule has 0 aliphatic carbocycles. The second-order valence-corrected chi connectivity index (χ2v) is 7.98. The Balaban J connectivity index is 2.85. The van der Waals surface area contributed by atoms with Crippen molar-refractivity contribution in [1.82, 2.24) is 9.71 Å². The van der Waals surface area contributed by atoms with Gasteiger partial charge >= 0.3 is 0 Å². The molecule has 0 radical (unpaired) electrons. The molecule has 19 heavy (non-hydrogen) atoms. The van der Waals surface area contributed by atoms with Gasteiger partial charge in [-0.1, -0.05) is 0 Å². The van der Waals surface area contributed by atoms with Gasteiger partial charge in [-0.15, -0.1) is 0 Å². The van der Waals surface area contributed by atoms with E-state index in [4.69, 9.17) is 0 Å². The first kappa shape index (κ1) is 16.3. The van der Waals surface area contributed by atoms with Crippen LogP contribution in [0.4, 0.5) is 5.82 Å². The third kappa shape index (κ3) is 5.00. The van der Waals surface area contributed by atoms with E-state index in [0.717, 1.165) is 0 Å². The molecule has 0 spiro atoms. The zero-order valence-electron chi connectivity index (χ0n) is 11.7. The molecule has 0 amide bonds. The van der Waals surface area contributed by atoms with Crippen molar-refractivity contribution < 1.29 is 8.42 Å². The fourth-order valence-corrected chi connectivity index (χ4v) is 2.81. The standard InChI is InChI=1S/C12H21N3O2S2/c1-5-13-11-8-10(6-7-14-11)19(16,17)15-9-12(2,3)18-4/h6-8,15H,5,9H2,1-4H3,(H,13,14). The first-order chi connectivity index (χ1) is 8.80. The summed E-state index contributed by atoms with van der Waals surface area (Å²) < 4.78 is 26.8. The Kier molecular flexibility index (Phi) is 5.64. The molecule has 7 heteroatoms. The average Bonchev–Trinajstić information content (AvgIpc) is 2.38. The largest absolute Gasteiger partial charge is 0.370 e. The van der Waals surface area contributed by atoms with Gasteiger partial charge in [-0.2, -0.15) is 11.8 Å². The first-order valence-corrected chi connectivity index (χ1v) is 8.76. The number of anilines is 1. The van der Waals surface area contributed by atoms with Crippen LogP contribution in [0.25, 0.3) is 0 Å². The topological polar surface area (TPSA) is 71.1 Å². The van der Waals surface area contributed by atoms with Crippen LogP contribution in [0.1, 0.15) is 20.8 Å². The van der Waals surface area contributed by atoms with Gasteiger partial charge in [-0.25, -0.2) is 18.1 Å². The zero-order chi connectivity index (χ0) is 14.5. The van der Waals surface area contributed by atoms with Gasteiger partial charge in [-0.05, 0) is 33.1 Å². The monoisotopic (exact) mass is 303 g/mol. The van der Waals surface area contributed by atoms with Crippen molar-refractivity contribution in [2.24, 2.45) is 0 Å². The van der Waals surface area contributed by atoms with Crippen molar-refractivity contribution in [2.75, 3.05) is 24.7 Å². The Labute approximate surface area is 119 Å². The van der Waals surface area contributed by atoms with E-state index in [-0.39, 0.29) is 9.64 Å². The summed E-state index contributed by atoms with van der Waals surface area (Å²) in [5, 5.41) is 3.00. The van der Waals surface area contributed by atoms with Crippen LogP contribution in [0.5, 0.6) is 0 Å². The van der Waals surface area contributed by atoms with E-state index in [1.807, 2.05) is 27.0 Å². The minimum Gasteiger partial charge on any atom is -0.370 e. The Morgan fingerprint density at radius 3 is 2.68 bits per heavy atom. The predicted molar refractivity (Wildman–Crippen MR) is 81.2 cm³/mol. The van der Waals surface area contributed by atoms with Crippen LogP contribution in [0.3, 0.4) is 0 Å². The van der Waals surface area contributed by atoms with E-state index in [1.54, 1.807) is 11.8 Å². The summed E-state index contributed by atoms with van der Waals surface area (Å²) in [6, 6.07) is 3.03. The number of rotatable bonds is 7. The smallest absolute Gasteiger partial charge is 0.240 e. The summed E-state index contributed by atoms with van der Waals surface area (Å²) >= 11 is 1.62. The van der Waals surface area contributed by atoms with Gasteiger partial charge in [0.1, 0.15) is 5.82 Å². The number of nitrogens with zero attached hydrogens (tertiary/aromatic N) is 1. The summed E-state index contributed by atoms with van der Waals surface area (Å²) in [7, 11) is -3.49. The summed E-state index contributed by atoms with van der Waals surface area (Å²) in [6.07, 6.45) is 3.45. The number of sulfonamides is 1. The molecule has 0 saturated carbocycles. The summed E-state index contributed by atoms with van der Waals surface area (Å²) in [5.41, 5.74) is 0. The molecule has 1 heterocycles. The van der Waals surface area contributed by atoms with Crippen molar-refractivity contribution in [3.05, 3.63) is 18.3 Å². The molecular formula is C12H21N3O2S2. The van der Waals surface area contributed by atoms with Gasteiger partial charge < -0.3 is 5.32 Å². The van der Waals surface area contributed by atoms with E-state index in [1.165, 1.54) is 18.3 Å². The van der Waals surface area contributed by atoms with Crippen LogP contribution in [-0.4, -0.2) is 37.5 Å². The lowest BCUT2D eigenvalue weighted by Crippen LogP contribution is -2.36. The Morgan fingerprint density at radius 1 is 1.42 bits per heavy atom. The van der Waals surface area contributed by atoms with E-state index < -0.39 is 10.0 Å². The van der Waals surface area contributed by atoms with E-state index in [2.05, 4.69) is 15.0 Å². The van der Waals surface area contributed by atoms with Crippen LogP contribution >= 0.6 is 11.8 Å². The highest BCUT2D eigenvalue weighted by Crippen LogP contribution is 2.21. The molecule has 0 fully saturated rings. The predicted octanol–water partition coefficient (Wildman–Crippen LogP) is 1.93. The first-order valence-electron chi connectivity index (χ1n) is 6.05. The number of thioether (sulfide) groups is 1. The van der Waals surface area contributed by atoms with E-state index in [0.29, 0.717) is 18.9 Å². The van der Waals surface area contributed by atoms with Crippen molar-refractivity contribution in [3.63, 3.8) is 0 Å². The van der Waals surface area contributed by atoms with Crippen LogP contribution < -0.4 is 10.0 Å². The summed E-state index contributed by atoms with van der Waals surface area (Å²) in [5.74, 6) is 0.564. The minimum atomic E-state index is -3.49. The van der Waals surface area contributed by atoms with Gasteiger partial charge in [0.15, 0.2) is 0 Å². The molecule has 2 N–H and O–H groups in total. The molecule has 108 valence electrons. The molecule has 0 aromatic carbocycles. The maximum absolute atomic E-state index is 12.2. The third-order valence-corrected chi connectivity index (χ3v) is 5.29. The SMILES string of the molecule is CCNc1cc(S(=O)(=O)NCC(C)(C)SC)ccn1. The molecule has 1 aromatic heterocycles. The molecular weight excluding hydrogens is 282 g/mol. The van der Waals surface area contributed by atoms with Gasteiger partial charge in [-0.3, -0.25) is 0 Å². The third-order valence-electron chi connectivity index (χ3n) is 2.64. The number of hydrogen-bond acceptors (Lipinski definition) is 5. The van der Waals surface area contributed by atoms with Crippen LogP contribution in [-0.2, 0) is 10.0 Å². The second-order valence-electron chi connectivity index (χ2n) is 4.70. The minimum absolute atomic E-state index is 0.134. The lowest BCUT2D eigenvalue weighted by atomic mass is 10.2. The molecule has 5 nitrogen and oxygen atoms in total. The van der Waals surface area contributed by atoms with Crippen molar-refractivity contribution in [2.45, 2.75) is 30.4 Å². The molecule has 0 aliphatic heterocycles. The van der Waals surface area contributed by atoms with Crippen molar-refractivity contribution in [3.8, 4) is 0 Å². The number of aromatic nitrogens is 1. The summed E-state index contributed by atoms with van der Waals surface area (Å²) in [6.45, 7) is 7.01. The molecule has 0 bridgehead atoms. The molecule has 1 rings (SSSR count). The van der Waals surface area contributed by atoms with Crippen molar-refractivity contribution >= 4 is 27.6 Å². The van der Waals surface area contributed by atoms with E-state index >= 15 is 0 Å². The van der Waals surface area contributed by atoms with Crippen molar-refractivity contribution in [1.29, 1.82) is 0 Å². The second kappa shape index (κ2) is 6.58. The number of nitrogens with one attached hydrogen (secondary N) is 2. The number of hydrogen-bond donors (Lipinski definition) is 2. The lowest BCUT2D eigenvalue weighted by Gasteiger charge is -2.22. The molecule has 0 atom stereocenters. The molecule has 0 aliphatic rings. The normalized spacial score (nSPS) is 12.4. The Morgan fingerprint density at radius 2 is 2.11 bits per heavy atom. The molecule has 0 unspecified atom stereocenters. The van der Waals surface area contributed by atoms with Crippen LogP contribution in [0.2, 0.25) is 0 Å². The fraction of sp³-hybridized carbons (Fsp3) is 0.583. The average molecular weight is 303 g/mol. The molecule has 1 aromatic rings. The Bertz CT molecular complexity index is 515. The van der Waals surface area contributed by atoms with E-state index in [9.17, 15) is 8.42 Å². The fourth-order valence-electron chi connectivity index (χ4n) is 1.28. The van der Waals surface area contributed by atoms with Crippen LogP contribution in [0.15, 0.2) is 23.2 Å². The summed E-state index contributed by atoms with van der Waals surface area (Å²) in [4.78, 5) is 4.29. The highest BCUT2D eigenvalue weighted by Gasteiger charge is 2.21. The maximum atomic E-state index is 12.2. The maximum Gasteiger partial charge on any atom is 0.240 e. The molecule has 0 saturated heterocycles. The Hall–Kier alpha value is -0.790. The highest BCUT2D eigenvalue weighted by atomic mass is 32.2. The van der Waals surface area contributed by atoms with Gasteiger partial charge in [0.2, 0.25) is 10.0 Å². The highest BCUT2D eigenvalue weighted by molar-refractivity contribution is 8.00.